The van der Waals surface area contributed by atoms with Crippen LogP contribution in [0.3, 0.4) is 0 Å². The van der Waals surface area contributed by atoms with E-state index in [9.17, 15) is 4.79 Å². The van der Waals surface area contributed by atoms with Crippen molar-refractivity contribution in [1.82, 2.24) is 4.90 Å². The van der Waals surface area contributed by atoms with Crippen molar-refractivity contribution in [2.24, 2.45) is 11.7 Å². The Morgan fingerprint density at radius 3 is 2.40 bits per heavy atom. The minimum absolute atomic E-state index is 0.281. The van der Waals surface area contributed by atoms with Crippen molar-refractivity contribution in [2.45, 2.75) is 26.3 Å². The van der Waals surface area contributed by atoms with E-state index in [-0.39, 0.29) is 6.03 Å². The van der Waals surface area contributed by atoms with E-state index in [1.54, 1.807) is 4.90 Å². The first kappa shape index (κ1) is 7.38. The fourth-order valence-corrected chi connectivity index (χ4v) is 1.41. The van der Waals surface area contributed by atoms with Gasteiger partial charge in [0.2, 0.25) is 0 Å². The molecule has 1 saturated heterocycles. The maximum Gasteiger partial charge on any atom is 0.315 e. The molecule has 0 aromatic heterocycles. The van der Waals surface area contributed by atoms with Gasteiger partial charge in [-0.15, -0.1) is 0 Å². The molecular formula is C7H14N2O. The molecule has 2 amide bonds. The summed E-state index contributed by atoms with van der Waals surface area (Å²) in [5.74, 6) is 0.604. The zero-order valence-electron chi connectivity index (χ0n) is 6.50. The van der Waals surface area contributed by atoms with Crippen LogP contribution in [0.4, 0.5) is 4.79 Å². The second-order valence-electron chi connectivity index (χ2n) is 3.04. The smallest absolute Gasteiger partial charge is 0.315 e. The second-order valence-corrected chi connectivity index (χ2v) is 3.04. The predicted molar refractivity (Wildman–Crippen MR) is 39.5 cm³/mol. The summed E-state index contributed by atoms with van der Waals surface area (Å²) in [6, 6.07) is 0.0503. The van der Waals surface area contributed by atoms with Crippen molar-refractivity contribution in [3.05, 3.63) is 0 Å². The first-order chi connectivity index (χ1) is 4.63. The standard InChI is InChI=1S/C7H14N2O/c1-5-3-4-9(6(5)2)7(8)10/h5-6H,3-4H2,1-2H3,(H2,8,10)/t5?,6-/m1/s1. The number of likely N-dealkylation sites (tertiary alicyclic amines) is 1. The Hall–Kier alpha value is -0.730. The SMILES string of the molecule is CC1CCN(C(N)=O)[C@@H]1C. The van der Waals surface area contributed by atoms with Crippen LogP contribution in [0.25, 0.3) is 0 Å². The Bertz CT molecular complexity index is 147. The topological polar surface area (TPSA) is 46.3 Å². The first-order valence-electron chi connectivity index (χ1n) is 3.69. The lowest BCUT2D eigenvalue weighted by atomic mass is 10.1. The van der Waals surface area contributed by atoms with Crippen molar-refractivity contribution in [3.8, 4) is 0 Å². The van der Waals surface area contributed by atoms with Crippen LogP contribution in [-0.4, -0.2) is 23.5 Å². The molecule has 58 valence electrons. The summed E-state index contributed by atoms with van der Waals surface area (Å²) in [5, 5.41) is 0. The fraction of sp³-hybridized carbons (Fsp3) is 0.857. The summed E-state index contributed by atoms with van der Waals surface area (Å²) in [7, 11) is 0. The molecule has 1 rings (SSSR count). The molecule has 10 heavy (non-hydrogen) atoms. The first-order valence-corrected chi connectivity index (χ1v) is 3.69. The minimum atomic E-state index is -0.281. The highest BCUT2D eigenvalue weighted by Crippen LogP contribution is 2.22. The maximum atomic E-state index is 10.7. The molecule has 0 saturated carbocycles. The summed E-state index contributed by atoms with van der Waals surface area (Å²) >= 11 is 0. The third kappa shape index (κ3) is 1.08. The number of hydrogen-bond donors (Lipinski definition) is 1. The van der Waals surface area contributed by atoms with Gasteiger partial charge in [-0.3, -0.25) is 0 Å². The number of rotatable bonds is 0. The van der Waals surface area contributed by atoms with Crippen molar-refractivity contribution >= 4 is 6.03 Å². The Morgan fingerprint density at radius 2 is 2.20 bits per heavy atom. The number of nitrogens with two attached hydrogens (primary N) is 1. The summed E-state index contributed by atoms with van der Waals surface area (Å²) in [4.78, 5) is 12.4. The van der Waals surface area contributed by atoms with E-state index >= 15 is 0 Å². The molecule has 0 bridgehead atoms. The van der Waals surface area contributed by atoms with Crippen LogP contribution in [0.2, 0.25) is 0 Å². The van der Waals surface area contributed by atoms with Crippen LogP contribution in [0, 0.1) is 5.92 Å². The zero-order chi connectivity index (χ0) is 7.72. The Labute approximate surface area is 61.2 Å². The lowest BCUT2D eigenvalue weighted by molar-refractivity contribution is 0.201. The molecule has 0 aliphatic carbocycles. The highest BCUT2D eigenvalue weighted by Gasteiger charge is 2.29. The molecule has 1 fully saturated rings. The van der Waals surface area contributed by atoms with Crippen molar-refractivity contribution in [2.75, 3.05) is 6.54 Å². The van der Waals surface area contributed by atoms with E-state index in [1.165, 1.54) is 0 Å². The average molecular weight is 142 g/mol. The molecule has 0 radical (unpaired) electrons. The van der Waals surface area contributed by atoms with Crippen LogP contribution < -0.4 is 5.73 Å². The van der Waals surface area contributed by atoms with Gasteiger partial charge in [-0.05, 0) is 19.3 Å². The Balaban J connectivity index is 2.57. The minimum Gasteiger partial charge on any atom is -0.351 e. The monoisotopic (exact) mass is 142 g/mol. The number of hydrogen-bond acceptors (Lipinski definition) is 1. The Morgan fingerprint density at radius 1 is 1.60 bits per heavy atom. The summed E-state index contributed by atoms with van der Waals surface area (Å²) in [6.45, 7) is 5.02. The number of carbonyl (C=O) groups excluding carboxylic acids is 1. The van der Waals surface area contributed by atoms with Gasteiger partial charge in [-0.1, -0.05) is 6.92 Å². The van der Waals surface area contributed by atoms with Gasteiger partial charge in [0.05, 0.1) is 0 Å². The molecule has 3 heteroatoms. The van der Waals surface area contributed by atoms with Crippen LogP contribution in [0.5, 0.6) is 0 Å². The highest BCUT2D eigenvalue weighted by molar-refractivity contribution is 5.72. The van der Waals surface area contributed by atoms with E-state index in [0.717, 1.165) is 13.0 Å². The van der Waals surface area contributed by atoms with Crippen LogP contribution in [-0.2, 0) is 0 Å². The Kier molecular flexibility index (Phi) is 1.83. The molecule has 2 N–H and O–H groups in total. The lowest BCUT2D eigenvalue weighted by Gasteiger charge is -2.20. The van der Waals surface area contributed by atoms with Gasteiger partial charge in [-0.25, -0.2) is 4.79 Å². The number of amides is 2. The van der Waals surface area contributed by atoms with E-state index in [4.69, 9.17) is 5.73 Å². The third-order valence-corrected chi connectivity index (χ3v) is 2.42. The number of urea groups is 1. The highest BCUT2D eigenvalue weighted by atomic mass is 16.2. The van der Waals surface area contributed by atoms with Crippen LogP contribution in [0.15, 0.2) is 0 Å². The molecule has 1 aliphatic rings. The van der Waals surface area contributed by atoms with E-state index in [2.05, 4.69) is 6.92 Å². The van der Waals surface area contributed by atoms with Crippen LogP contribution in [0.1, 0.15) is 20.3 Å². The quantitative estimate of drug-likeness (QED) is 0.534. The average Bonchev–Trinajstić information content (AvgIpc) is 2.14. The number of carbonyl (C=O) groups is 1. The zero-order valence-corrected chi connectivity index (χ0v) is 6.50. The predicted octanol–water partition coefficient (Wildman–Crippen LogP) is 0.795. The van der Waals surface area contributed by atoms with Gasteiger partial charge < -0.3 is 10.6 Å². The molecule has 0 aromatic rings. The normalized spacial score (nSPS) is 32.8. The van der Waals surface area contributed by atoms with Crippen LogP contribution >= 0.6 is 0 Å². The molecule has 1 heterocycles. The van der Waals surface area contributed by atoms with Gasteiger partial charge in [0.25, 0.3) is 0 Å². The van der Waals surface area contributed by atoms with Crippen molar-refractivity contribution < 1.29 is 4.79 Å². The van der Waals surface area contributed by atoms with E-state index in [1.807, 2.05) is 6.92 Å². The van der Waals surface area contributed by atoms with Gasteiger partial charge in [0.15, 0.2) is 0 Å². The molecular weight excluding hydrogens is 128 g/mol. The van der Waals surface area contributed by atoms with Crippen molar-refractivity contribution in [1.29, 1.82) is 0 Å². The molecule has 2 atom stereocenters. The molecule has 3 nitrogen and oxygen atoms in total. The van der Waals surface area contributed by atoms with Crippen molar-refractivity contribution in [3.63, 3.8) is 0 Å². The van der Waals surface area contributed by atoms with E-state index < -0.39 is 0 Å². The molecule has 0 aromatic carbocycles. The largest absolute Gasteiger partial charge is 0.351 e. The summed E-state index contributed by atoms with van der Waals surface area (Å²) < 4.78 is 0. The van der Waals surface area contributed by atoms with Gasteiger partial charge in [0, 0.05) is 12.6 Å². The van der Waals surface area contributed by atoms with E-state index in [0.29, 0.717) is 12.0 Å². The fourth-order valence-electron chi connectivity index (χ4n) is 1.41. The third-order valence-electron chi connectivity index (χ3n) is 2.42. The number of primary amides is 1. The maximum absolute atomic E-state index is 10.7. The van der Waals surface area contributed by atoms with Gasteiger partial charge >= 0.3 is 6.03 Å². The lowest BCUT2D eigenvalue weighted by Crippen LogP contribution is -2.39. The molecule has 0 spiro atoms. The summed E-state index contributed by atoms with van der Waals surface area (Å²) in [6.07, 6.45) is 1.09. The molecule has 1 aliphatic heterocycles. The second kappa shape index (κ2) is 2.48. The van der Waals surface area contributed by atoms with Gasteiger partial charge in [-0.2, -0.15) is 0 Å². The number of nitrogens with zero attached hydrogens (tertiary/aromatic N) is 1. The summed E-state index contributed by atoms with van der Waals surface area (Å²) in [5.41, 5.74) is 5.14. The van der Waals surface area contributed by atoms with Gasteiger partial charge in [0.1, 0.15) is 0 Å². The molecule has 1 unspecified atom stereocenters.